The Hall–Kier alpha value is -1.35. The van der Waals surface area contributed by atoms with Gasteiger partial charge in [0.05, 0.1) is 0 Å². The molecule has 1 aromatic rings. The number of Topliss-reactive ketones (excluding diaryl/α,β-unsaturated/α-hetero) is 1. The zero-order valence-corrected chi connectivity index (χ0v) is 11.3. The first-order valence-corrected chi connectivity index (χ1v) is 6.46. The average molecular weight is 247 g/mol. The predicted molar refractivity (Wildman–Crippen MR) is 73.1 cm³/mol. The van der Waals surface area contributed by atoms with Crippen LogP contribution in [0.2, 0.25) is 0 Å². The number of hydrogen-bond acceptors (Lipinski definition) is 3. The van der Waals surface area contributed by atoms with Gasteiger partial charge >= 0.3 is 0 Å². The van der Waals surface area contributed by atoms with Gasteiger partial charge in [-0.05, 0) is 51.5 Å². The van der Waals surface area contributed by atoms with Crippen molar-refractivity contribution in [2.24, 2.45) is 5.92 Å². The fourth-order valence-electron chi connectivity index (χ4n) is 2.80. The van der Waals surface area contributed by atoms with Gasteiger partial charge in [-0.2, -0.15) is 0 Å². The van der Waals surface area contributed by atoms with E-state index >= 15 is 0 Å². The lowest BCUT2D eigenvalue weighted by atomic mass is 9.89. The van der Waals surface area contributed by atoms with E-state index in [-0.39, 0.29) is 17.9 Å². The zero-order valence-electron chi connectivity index (χ0n) is 11.3. The minimum Gasteiger partial charge on any atom is -0.396 e. The van der Waals surface area contributed by atoms with Crippen LogP contribution in [0, 0.1) is 5.92 Å². The SMILES string of the molecule is CC(=O)c1ccc(N2CCC(CO)C2(C)C)cc1. The molecule has 0 aliphatic carbocycles. The van der Waals surface area contributed by atoms with E-state index in [0.29, 0.717) is 5.92 Å². The summed E-state index contributed by atoms with van der Waals surface area (Å²) in [5, 5.41) is 9.41. The molecule has 1 aliphatic rings. The van der Waals surface area contributed by atoms with E-state index in [0.717, 1.165) is 24.2 Å². The largest absolute Gasteiger partial charge is 0.396 e. The van der Waals surface area contributed by atoms with Crippen LogP contribution in [-0.2, 0) is 0 Å². The number of nitrogens with zero attached hydrogens (tertiary/aromatic N) is 1. The van der Waals surface area contributed by atoms with Crippen LogP contribution >= 0.6 is 0 Å². The summed E-state index contributed by atoms with van der Waals surface area (Å²) in [5.74, 6) is 0.403. The molecule has 1 unspecified atom stereocenters. The van der Waals surface area contributed by atoms with Gasteiger partial charge in [-0.25, -0.2) is 0 Å². The second kappa shape index (κ2) is 4.73. The second-order valence-corrected chi connectivity index (χ2v) is 5.58. The van der Waals surface area contributed by atoms with Gasteiger partial charge in [0.2, 0.25) is 0 Å². The van der Waals surface area contributed by atoms with Crippen LogP contribution in [0.5, 0.6) is 0 Å². The number of anilines is 1. The molecule has 1 saturated heterocycles. The Labute approximate surface area is 108 Å². The maximum absolute atomic E-state index is 11.3. The van der Waals surface area contributed by atoms with Gasteiger partial charge in [0.1, 0.15) is 0 Å². The van der Waals surface area contributed by atoms with Crippen molar-refractivity contribution in [3.63, 3.8) is 0 Å². The summed E-state index contributed by atoms with van der Waals surface area (Å²) in [6.45, 7) is 7.10. The smallest absolute Gasteiger partial charge is 0.159 e. The van der Waals surface area contributed by atoms with Crippen molar-refractivity contribution in [1.29, 1.82) is 0 Å². The van der Waals surface area contributed by atoms with Crippen molar-refractivity contribution >= 4 is 11.5 Å². The summed E-state index contributed by atoms with van der Waals surface area (Å²) in [6.07, 6.45) is 1.01. The normalized spacial score (nSPS) is 22.2. The topological polar surface area (TPSA) is 40.5 Å². The van der Waals surface area contributed by atoms with E-state index in [1.807, 2.05) is 24.3 Å². The van der Waals surface area contributed by atoms with Crippen LogP contribution in [0.25, 0.3) is 0 Å². The lowest BCUT2D eigenvalue weighted by Crippen LogP contribution is -2.43. The van der Waals surface area contributed by atoms with Crippen molar-refractivity contribution in [3.05, 3.63) is 29.8 Å². The number of benzene rings is 1. The van der Waals surface area contributed by atoms with Gasteiger partial charge in [0.25, 0.3) is 0 Å². The lowest BCUT2D eigenvalue weighted by Gasteiger charge is -2.37. The van der Waals surface area contributed by atoms with E-state index in [1.54, 1.807) is 6.92 Å². The third-order valence-corrected chi connectivity index (χ3v) is 4.20. The Bertz CT molecular complexity index is 436. The number of rotatable bonds is 3. The highest BCUT2D eigenvalue weighted by molar-refractivity contribution is 5.94. The van der Waals surface area contributed by atoms with Gasteiger partial charge in [0.15, 0.2) is 5.78 Å². The molecule has 1 fully saturated rings. The summed E-state index contributed by atoms with van der Waals surface area (Å²) in [4.78, 5) is 13.6. The van der Waals surface area contributed by atoms with E-state index in [2.05, 4.69) is 18.7 Å². The van der Waals surface area contributed by atoms with Crippen molar-refractivity contribution in [2.45, 2.75) is 32.7 Å². The number of carbonyl (C=O) groups excluding carboxylic acids is 1. The van der Waals surface area contributed by atoms with Gasteiger partial charge < -0.3 is 10.0 Å². The van der Waals surface area contributed by atoms with Crippen LogP contribution in [0.4, 0.5) is 5.69 Å². The van der Waals surface area contributed by atoms with Gasteiger partial charge in [0, 0.05) is 35.9 Å². The Morgan fingerprint density at radius 2 is 2.00 bits per heavy atom. The predicted octanol–water partition coefficient (Wildman–Crippen LogP) is 2.49. The molecular formula is C15H21NO2. The van der Waals surface area contributed by atoms with Gasteiger partial charge in [-0.1, -0.05) is 0 Å². The first-order chi connectivity index (χ1) is 8.46. The number of aliphatic hydroxyl groups is 1. The molecule has 0 saturated carbocycles. The van der Waals surface area contributed by atoms with Crippen molar-refractivity contribution in [3.8, 4) is 0 Å². The molecule has 1 heterocycles. The summed E-state index contributed by atoms with van der Waals surface area (Å²) < 4.78 is 0. The summed E-state index contributed by atoms with van der Waals surface area (Å²) >= 11 is 0. The molecule has 0 amide bonds. The molecule has 1 N–H and O–H groups in total. The first-order valence-electron chi connectivity index (χ1n) is 6.46. The molecule has 98 valence electrons. The third-order valence-electron chi connectivity index (χ3n) is 4.20. The monoisotopic (exact) mass is 247 g/mol. The minimum atomic E-state index is -0.0352. The molecule has 0 spiro atoms. The maximum atomic E-state index is 11.3. The summed E-state index contributed by atoms with van der Waals surface area (Å²) in [5.41, 5.74) is 1.84. The third kappa shape index (κ3) is 2.15. The molecule has 3 heteroatoms. The molecule has 3 nitrogen and oxygen atoms in total. The van der Waals surface area contributed by atoms with Crippen LogP contribution in [0.15, 0.2) is 24.3 Å². The molecule has 1 aromatic carbocycles. The van der Waals surface area contributed by atoms with E-state index < -0.39 is 0 Å². The standard InChI is InChI=1S/C15H21NO2/c1-11(18)12-4-6-14(7-5-12)16-9-8-13(10-17)15(16,2)3/h4-7,13,17H,8-10H2,1-3H3. The summed E-state index contributed by atoms with van der Waals surface area (Å²) in [6, 6.07) is 7.75. The molecule has 1 aliphatic heterocycles. The van der Waals surface area contributed by atoms with E-state index in [9.17, 15) is 9.90 Å². The average Bonchev–Trinajstić information content (AvgIpc) is 2.64. The fraction of sp³-hybridized carbons (Fsp3) is 0.533. The molecule has 0 radical (unpaired) electrons. The molecule has 1 atom stereocenters. The zero-order chi connectivity index (χ0) is 13.3. The van der Waals surface area contributed by atoms with Crippen LogP contribution in [0.3, 0.4) is 0 Å². The molecule has 0 bridgehead atoms. The molecular weight excluding hydrogens is 226 g/mol. The van der Waals surface area contributed by atoms with Crippen LogP contribution < -0.4 is 4.90 Å². The van der Waals surface area contributed by atoms with Crippen molar-refractivity contribution in [1.82, 2.24) is 0 Å². The summed E-state index contributed by atoms with van der Waals surface area (Å²) in [7, 11) is 0. The highest BCUT2D eigenvalue weighted by atomic mass is 16.3. The number of carbonyl (C=O) groups is 1. The van der Waals surface area contributed by atoms with E-state index in [4.69, 9.17) is 0 Å². The Balaban J connectivity index is 2.25. The minimum absolute atomic E-state index is 0.0352. The van der Waals surface area contributed by atoms with Crippen molar-refractivity contribution in [2.75, 3.05) is 18.1 Å². The highest BCUT2D eigenvalue weighted by Crippen LogP contribution is 2.37. The molecule has 0 aromatic heterocycles. The van der Waals surface area contributed by atoms with Crippen molar-refractivity contribution < 1.29 is 9.90 Å². The van der Waals surface area contributed by atoms with Crippen LogP contribution in [-0.4, -0.2) is 29.6 Å². The maximum Gasteiger partial charge on any atom is 0.159 e. The Morgan fingerprint density at radius 3 is 2.44 bits per heavy atom. The number of aliphatic hydroxyl groups excluding tert-OH is 1. The lowest BCUT2D eigenvalue weighted by molar-refractivity contribution is 0.101. The number of hydrogen-bond donors (Lipinski definition) is 1. The van der Waals surface area contributed by atoms with E-state index in [1.165, 1.54) is 0 Å². The Kier molecular flexibility index (Phi) is 3.44. The van der Waals surface area contributed by atoms with Crippen LogP contribution in [0.1, 0.15) is 37.6 Å². The first kappa shape index (κ1) is 13.1. The fourth-order valence-corrected chi connectivity index (χ4v) is 2.80. The number of ketones is 1. The second-order valence-electron chi connectivity index (χ2n) is 5.58. The molecule has 18 heavy (non-hydrogen) atoms. The van der Waals surface area contributed by atoms with Gasteiger partial charge in [-0.3, -0.25) is 4.79 Å². The van der Waals surface area contributed by atoms with Gasteiger partial charge in [-0.15, -0.1) is 0 Å². The molecule has 2 rings (SSSR count). The highest BCUT2D eigenvalue weighted by Gasteiger charge is 2.40. The Morgan fingerprint density at radius 1 is 1.39 bits per heavy atom. The quantitative estimate of drug-likeness (QED) is 0.834.